The average Bonchev–Trinajstić information content (AvgIpc) is 2.89. The highest BCUT2D eigenvalue weighted by Crippen LogP contribution is 2.34. The number of nitrogens with one attached hydrogen (secondary N) is 1. The molecule has 0 spiro atoms. The van der Waals surface area contributed by atoms with Crippen molar-refractivity contribution in [2.75, 3.05) is 32.7 Å². The van der Waals surface area contributed by atoms with Crippen LogP contribution in [0.25, 0.3) is 0 Å². The number of piperazine rings is 2. The van der Waals surface area contributed by atoms with Crippen molar-refractivity contribution in [1.29, 1.82) is 0 Å². The molecule has 2 saturated heterocycles. The summed E-state index contributed by atoms with van der Waals surface area (Å²) in [6, 6.07) is 32.1. The van der Waals surface area contributed by atoms with Gasteiger partial charge in [0, 0.05) is 50.7 Å². The Kier molecular flexibility index (Phi) is 6.70. The third kappa shape index (κ3) is 4.95. The summed E-state index contributed by atoms with van der Waals surface area (Å²) in [4.78, 5) is 17.3. The van der Waals surface area contributed by atoms with E-state index in [1.165, 1.54) is 11.1 Å². The molecule has 0 bridgehead atoms. The highest BCUT2D eigenvalue weighted by molar-refractivity contribution is 5.68. The second-order valence-electron chi connectivity index (χ2n) is 8.90. The Morgan fingerprint density at radius 2 is 1.45 bits per heavy atom. The summed E-state index contributed by atoms with van der Waals surface area (Å²) in [6.07, 6.45) is -0.219. The summed E-state index contributed by atoms with van der Waals surface area (Å²) < 4.78 is 5.61. The molecular weight excluding hydrogens is 410 g/mol. The number of carbonyl (C=O) groups excluding carboxylic acids is 1. The second-order valence-corrected chi connectivity index (χ2v) is 8.90. The van der Waals surface area contributed by atoms with E-state index in [9.17, 15) is 4.79 Å². The number of hydrogen-bond acceptors (Lipinski definition) is 4. The zero-order valence-corrected chi connectivity index (χ0v) is 18.8. The maximum atomic E-state index is 12.8. The van der Waals surface area contributed by atoms with Crippen LogP contribution >= 0.6 is 0 Å². The molecule has 0 aromatic heterocycles. The summed E-state index contributed by atoms with van der Waals surface area (Å²) in [7, 11) is 0. The standard InChI is InChI=1S/C28H31N3O2/c32-28(33-21-22-10-4-1-5-11-22)30-16-17-31-25(20-30)18-29-19-26(31)27(23-12-6-2-7-13-23)24-14-8-3-9-15-24/h1-15,25-27,29H,16-21H2/t25-,26-/m0/s1. The van der Waals surface area contributed by atoms with E-state index in [2.05, 4.69) is 70.9 Å². The first-order valence-electron chi connectivity index (χ1n) is 11.8. The number of benzene rings is 3. The third-order valence-electron chi connectivity index (χ3n) is 6.85. The van der Waals surface area contributed by atoms with Gasteiger partial charge in [-0.1, -0.05) is 91.0 Å². The molecule has 2 aliphatic rings. The summed E-state index contributed by atoms with van der Waals surface area (Å²) in [5.41, 5.74) is 3.68. The minimum Gasteiger partial charge on any atom is -0.445 e. The number of fused-ring (bicyclic) bond motifs is 1. The molecule has 2 atom stereocenters. The minimum absolute atomic E-state index is 0.219. The van der Waals surface area contributed by atoms with Crippen LogP contribution in [0.5, 0.6) is 0 Å². The zero-order valence-electron chi connectivity index (χ0n) is 18.8. The van der Waals surface area contributed by atoms with Crippen molar-refractivity contribution in [3.63, 3.8) is 0 Å². The van der Waals surface area contributed by atoms with E-state index in [-0.39, 0.29) is 18.1 Å². The lowest BCUT2D eigenvalue weighted by Crippen LogP contribution is -2.66. The molecule has 5 rings (SSSR count). The monoisotopic (exact) mass is 441 g/mol. The smallest absolute Gasteiger partial charge is 0.410 e. The number of carbonyl (C=O) groups is 1. The molecule has 2 aliphatic heterocycles. The Labute approximate surface area is 196 Å². The fraction of sp³-hybridized carbons (Fsp3) is 0.321. The normalized spacial score (nSPS) is 20.9. The Morgan fingerprint density at radius 3 is 2.09 bits per heavy atom. The van der Waals surface area contributed by atoms with Crippen molar-refractivity contribution >= 4 is 6.09 Å². The Morgan fingerprint density at radius 1 is 0.848 bits per heavy atom. The third-order valence-corrected chi connectivity index (χ3v) is 6.85. The molecule has 0 aliphatic carbocycles. The van der Waals surface area contributed by atoms with E-state index in [0.717, 1.165) is 25.2 Å². The van der Waals surface area contributed by atoms with Gasteiger partial charge in [-0.2, -0.15) is 0 Å². The summed E-state index contributed by atoms with van der Waals surface area (Å²) >= 11 is 0. The molecule has 33 heavy (non-hydrogen) atoms. The van der Waals surface area contributed by atoms with Gasteiger partial charge in [-0.15, -0.1) is 0 Å². The van der Waals surface area contributed by atoms with E-state index >= 15 is 0 Å². The molecule has 170 valence electrons. The van der Waals surface area contributed by atoms with E-state index in [4.69, 9.17) is 4.74 Å². The van der Waals surface area contributed by atoms with Crippen molar-refractivity contribution < 1.29 is 9.53 Å². The van der Waals surface area contributed by atoms with Crippen LogP contribution in [0.2, 0.25) is 0 Å². The quantitative estimate of drug-likeness (QED) is 0.647. The van der Waals surface area contributed by atoms with E-state index in [1.807, 2.05) is 35.2 Å². The van der Waals surface area contributed by atoms with E-state index in [1.54, 1.807) is 0 Å². The van der Waals surface area contributed by atoms with Gasteiger partial charge in [0.2, 0.25) is 0 Å². The van der Waals surface area contributed by atoms with Gasteiger partial charge in [0.05, 0.1) is 0 Å². The van der Waals surface area contributed by atoms with Crippen LogP contribution < -0.4 is 5.32 Å². The average molecular weight is 442 g/mol. The Hall–Kier alpha value is -3.15. The SMILES string of the molecule is O=C(OCc1ccccc1)N1CCN2[C@@H](CNC[C@H]2C(c2ccccc2)c2ccccc2)C1. The Balaban J connectivity index is 1.30. The van der Waals surface area contributed by atoms with E-state index < -0.39 is 0 Å². The number of nitrogens with zero attached hydrogens (tertiary/aromatic N) is 2. The first-order chi connectivity index (χ1) is 16.3. The van der Waals surface area contributed by atoms with Crippen LogP contribution in [0.15, 0.2) is 91.0 Å². The first kappa shape index (κ1) is 21.7. The molecule has 5 nitrogen and oxygen atoms in total. The lowest BCUT2D eigenvalue weighted by Gasteiger charge is -2.50. The van der Waals surface area contributed by atoms with E-state index in [0.29, 0.717) is 25.7 Å². The van der Waals surface area contributed by atoms with Crippen molar-refractivity contribution in [3.8, 4) is 0 Å². The number of amides is 1. The maximum absolute atomic E-state index is 12.8. The zero-order chi connectivity index (χ0) is 22.5. The topological polar surface area (TPSA) is 44.8 Å². The second kappa shape index (κ2) is 10.2. The minimum atomic E-state index is -0.219. The number of rotatable bonds is 5. The molecule has 3 aromatic rings. The van der Waals surface area contributed by atoms with Crippen LogP contribution in [-0.4, -0.2) is 60.7 Å². The molecule has 0 saturated carbocycles. The van der Waals surface area contributed by atoms with Crippen LogP contribution in [0.3, 0.4) is 0 Å². The van der Waals surface area contributed by atoms with Gasteiger partial charge in [-0.25, -0.2) is 4.79 Å². The van der Waals surface area contributed by atoms with Gasteiger partial charge in [0.25, 0.3) is 0 Å². The molecule has 5 heteroatoms. The van der Waals surface area contributed by atoms with Gasteiger partial charge in [-0.3, -0.25) is 4.90 Å². The summed E-state index contributed by atoms with van der Waals surface area (Å²) in [6.45, 7) is 4.37. The van der Waals surface area contributed by atoms with Gasteiger partial charge < -0.3 is 15.0 Å². The number of hydrogen-bond donors (Lipinski definition) is 1. The molecule has 0 unspecified atom stereocenters. The molecule has 2 heterocycles. The molecule has 1 amide bonds. The van der Waals surface area contributed by atoms with Gasteiger partial charge in [0.1, 0.15) is 6.61 Å². The highest BCUT2D eigenvalue weighted by atomic mass is 16.6. The van der Waals surface area contributed by atoms with Crippen LogP contribution in [-0.2, 0) is 11.3 Å². The van der Waals surface area contributed by atoms with Crippen LogP contribution in [0.4, 0.5) is 4.79 Å². The van der Waals surface area contributed by atoms with Crippen LogP contribution in [0, 0.1) is 0 Å². The summed E-state index contributed by atoms with van der Waals surface area (Å²) in [5.74, 6) is 0.277. The molecule has 0 radical (unpaired) electrons. The Bertz CT molecular complexity index is 989. The van der Waals surface area contributed by atoms with Gasteiger partial charge in [0.15, 0.2) is 0 Å². The van der Waals surface area contributed by atoms with Crippen molar-refractivity contribution in [1.82, 2.24) is 15.1 Å². The van der Waals surface area contributed by atoms with Crippen molar-refractivity contribution in [2.45, 2.75) is 24.6 Å². The lowest BCUT2D eigenvalue weighted by molar-refractivity contribution is 0.00851. The predicted molar refractivity (Wildman–Crippen MR) is 130 cm³/mol. The fourth-order valence-corrected chi connectivity index (χ4v) is 5.25. The van der Waals surface area contributed by atoms with Gasteiger partial charge >= 0.3 is 6.09 Å². The van der Waals surface area contributed by atoms with Gasteiger partial charge in [-0.05, 0) is 16.7 Å². The molecular formula is C28H31N3O2. The highest BCUT2D eigenvalue weighted by Gasteiger charge is 2.40. The lowest BCUT2D eigenvalue weighted by atomic mass is 9.82. The molecule has 3 aromatic carbocycles. The predicted octanol–water partition coefficient (Wildman–Crippen LogP) is 4.11. The van der Waals surface area contributed by atoms with Crippen LogP contribution in [0.1, 0.15) is 22.6 Å². The molecule has 2 fully saturated rings. The molecule has 1 N–H and O–H groups in total. The summed E-state index contributed by atoms with van der Waals surface area (Å²) in [5, 5.41) is 3.65. The largest absolute Gasteiger partial charge is 0.445 e. The first-order valence-corrected chi connectivity index (χ1v) is 11.8. The van der Waals surface area contributed by atoms with Crippen molar-refractivity contribution in [2.24, 2.45) is 0 Å². The van der Waals surface area contributed by atoms with Crippen molar-refractivity contribution in [3.05, 3.63) is 108 Å². The fourth-order valence-electron chi connectivity index (χ4n) is 5.25. The number of ether oxygens (including phenoxy) is 1. The maximum Gasteiger partial charge on any atom is 0.410 e.